The molecule has 0 atom stereocenters. The van der Waals surface area contributed by atoms with Gasteiger partial charge in [-0.3, -0.25) is 9.52 Å². The molecule has 0 spiro atoms. The molecular weight excluding hydrogens is 204 g/mol. The van der Waals surface area contributed by atoms with Crippen LogP contribution in [0.3, 0.4) is 0 Å². The lowest BCUT2D eigenvalue weighted by atomic mass is 10.2. The number of rotatable bonds is 0. The van der Waals surface area contributed by atoms with Crippen molar-refractivity contribution in [3.05, 3.63) is 29.8 Å². The van der Waals surface area contributed by atoms with E-state index in [1.54, 1.807) is 24.3 Å². The quantitative estimate of drug-likeness (QED) is 0.678. The lowest BCUT2D eigenvalue weighted by Gasteiger charge is -2.25. The number of hydrogen-bond donors (Lipinski definition) is 1. The summed E-state index contributed by atoms with van der Waals surface area (Å²) >= 11 is 0. The van der Waals surface area contributed by atoms with Crippen LogP contribution in [0, 0.1) is 0 Å². The Kier molecular flexibility index (Phi) is 1.75. The van der Waals surface area contributed by atoms with Gasteiger partial charge in [0.05, 0.1) is 11.3 Å². The van der Waals surface area contributed by atoms with E-state index >= 15 is 0 Å². The molecular formula is C8H8N2O3S. The summed E-state index contributed by atoms with van der Waals surface area (Å²) in [5, 5.41) is 0. The van der Waals surface area contributed by atoms with Crippen molar-refractivity contribution < 1.29 is 13.2 Å². The van der Waals surface area contributed by atoms with Gasteiger partial charge < -0.3 is 0 Å². The highest BCUT2D eigenvalue weighted by Crippen LogP contribution is 2.24. The van der Waals surface area contributed by atoms with Gasteiger partial charge in [0, 0.05) is 7.05 Å². The van der Waals surface area contributed by atoms with Gasteiger partial charge in [0.2, 0.25) is 0 Å². The summed E-state index contributed by atoms with van der Waals surface area (Å²) in [6, 6.07) is 6.48. The van der Waals surface area contributed by atoms with Gasteiger partial charge in [-0.1, -0.05) is 12.1 Å². The summed E-state index contributed by atoms with van der Waals surface area (Å²) < 4.78 is 25.7. The van der Waals surface area contributed by atoms with Crippen molar-refractivity contribution >= 4 is 21.8 Å². The van der Waals surface area contributed by atoms with Crippen LogP contribution in [0.4, 0.5) is 5.69 Å². The van der Waals surface area contributed by atoms with Gasteiger partial charge >= 0.3 is 10.2 Å². The Bertz CT molecular complexity index is 495. The smallest absolute Gasteiger partial charge is 0.268 e. The van der Waals surface area contributed by atoms with E-state index in [2.05, 4.69) is 4.72 Å². The molecule has 2 rings (SSSR count). The van der Waals surface area contributed by atoms with Crippen LogP contribution in [-0.2, 0) is 10.2 Å². The fraction of sp³-hybridized carbons (Fsp3) is 0.125. The zero-order valence-corrected chi connectivity index (χ0v) is 8.21. The van der Waals surface area contributed by atoms with Gasteiger partial charge in [0.1, 0.15) is 0 Å². The van der Waals surface area contributed by atoms with Crippen molar-refractivity contribution in [3.8, 4) is 0 Å². The Morgan fingerprint density at radius 3 is 2.64 bits per heavy atom. The molecule has 5 nitrogen and oxygen atoms in total. The Morgan fingerprint density at radius 1 is 1.29 bits per heavy atom. The van der Waals surface area contributed by atoms with Crippen LogP contribution in [-0.4, -0.2) is 25.7 Å². The summed E-state index contributed by atoms with van der Waals surface area (Å²) in [6.45, 7) is 0. The largest absolute Gasteiger partial charge is 0.326 e. The van der Waals surface area contributed by atoms with Crippen molar-refractivity contribution in [1.29, 1.82) is 0 Å². The van der Waals surface area contributed by atoms with E-state index in [-0.39, 0.29) is 0 Å². The number of nitrogens with zero attached hydrogens (tertiary/aromatic N) is 1. The number of para-hydroxylation sites is 1. The Morgan fingerprint density at radius 2 is 1.93 bits per heavy atom. The molecule has 74 valence electrons. The van der Waals surface area contributed by atoms with Gasteiger partial charge in [-0.05, 0) is 12.1 Å². The van der Waals surface area contributed by atoms with E-state index < -0.39 is 16.1 Å². The predicted octanol–water partition coefficient (Wildman–Crippen LogP) is 0.429. The minimum Gasteiger partial charge on any atom is -0.268 e. The monoisotopic (exact) mass is 212 g/mol. The van der Waals surface area contributed by atoms with Crippen LogP contribution in [0.5, 0.6) is 0 Å². The molecule has 6 heteroatoms. The first-order valence-electron chi connectivity index (χ1n) is 3.92. The van der Waals surface area contributed by atoms with E-state index in [1.165, 1.54) is 7.05 Å². The molecule has 1 aromatic rings. The standard InChI is InChI=1S/C8H8N2O3S/c1-10-8(11)6-4-2-3-5-7(6)9-14(10,12)13/h2-5,9H,1H3. The highest BCUT2D eigenvalue weighted by atomic mass is 32.2. The van der Waals surface area contributed by atoms with Crippen LogP contribution in [0.2, 0.25) is 0 Å². The molecule has 0 unspecified atom stereocenters. The highest BCUT2D eigenvalue weighted by Gasteiger charge is 2.31. The number of amides is 1. The van der Waals surface area contributed by atoms with Gasteiger partial charge in [0.25, 0.3) is 5.91 Å². The summed E-state index contributed by atoms with van der Waals surface area (Å²) in [5.41, 5.74) is 0.695. The van der Waals surface area contributed by atoms with Gasteiger partial charge in [-0.15, -0.1) is 0 Å². The van der Waals surface area contributed by atoms with E-state index in [4.69, 9.17) is 0 Å². The number of fused-ring (bicyclic) bond motifs is 1. The summed E-state index contributed by atoms with van der Waals surface area (Å²) in [5.74, 6) is -0.514. The molecule has 1 aliphatic rings. The second-order valence-corrected chi connectivity index (χ2v) is 4.63. The Balaban J connectivity index is 2.65. The minimum atomic E-state index is -3.69. The first-order valence-corrected chi connectivity index (χ1v) is 5.36. The zero-order valence-electron chi connectivity index (χ0n) is 7.39. The average Bonchev–Trinajstić information content (AvgIpc) is 2.14. The highest BCUT2D eigenvalue weighted by molar-refractivity contribution is 7.91. The SMILES string of the molecule is CN1C(=O)c2ccccc2NS1(=O)=O. The van der Waals surface area contributed by atoms with Crippen molar-refractivity contribution in [1.82, 2.24) is 4.31 Å². The molecule has 0 aromatic heterocycles. The molecule has 0 saturated heterocycles. The molecule has 0 radical (unpaired) electrons. The van der Waals surface area contributed by atoms with Crippen molar-refractivity contribution in [2.75, 3.05) is 11.8 Å². The lowest BCUT2D eigenvalue weighted by molar-refractivity contribution is 0.0882. The van der Waals surface area contributed by atoms with Crippen molar-refractivity contribution in [2.45, 2.75) is 0 Å². The van der Waals surface area contributed by atoms with Crippen molar-refractivity contribution in [3.63, 3.8) is 0 Å². The number of benzene rings is 1. The van der Waals surface area contributed by atoms with E-state index in [0.717, 1.165) is 0 Å². The molecule has 0 bridgehead atoms. The van der Waals surface area contributed by atoms with Crippen molar-refractivity contribution in [2.24, 2.45) is 0 Å². The van der Waals surface area contributed by atoms with E-state index in [0.29, 0.717) is 15.6 Å². The molecule has 1 aliphatic heterocycles. The third-order valence-corrected chi connectivity index (χ3v) is 3.41. The predicted molar refractivity (Wildman–Crippen MR) is 51.1 cm³/mol. The normalized spacial score (nSPS) is 18.6. The second-order valence-electron chi connectivity index (χ2n) is 2.93. The second kappa shape index (κ2) is 2.71. The molecule has 14 heavy (non-hydrogen) atoms. The number of hydrogen-bond acceptors (Lipinski definition) is 3. The fourth-order valence-corrected chi connectivity index (χ4v) is 2.15. The lowest BCUT2D eigenvalue weighted by Crippen LogP contribution is -2.41. The van der Waals surface area contributed by atoms with Gasteiger partial charge in [-0.2, -0.15) is 8.42 Å². The Hall–Kier alpha value is -1.56. The molecule has 1 N–H and O–H groups in total. The van der Waals surface area contributed by atoms with Crippen LogP contribution >= 0.6 is 0 Å². The van der Waals surface area contributed by atoms with E-state index in [1.807, 2.05) is 0 Å². The maximum atomic E-state index is 11.5. The molecule has 1 amide bonds. The first kappa shape index (κ1) is 9.01. The Labute approximate surface area is 81.5 Å². The maximum absolute atomic E-state index is 11.5. The zero-order chi connectivity index (χ0) is 10.3. The van der Waals surface area contributed by atoms with Gasteiger partial charge in [-0.25, -0.2) is 4.31 Å². The average molecular weight is 212 g/mol. The van der Waals surface area contributed by atoms with Gasteiger partial charge in [0.15, 0.2) is 0 Å². The molecule has 0 fully saturated rings. The topological polar surface area (TPSA) is 66.5 Å². The number of anilines is 1. The maximum Gasteiger partial charge on any atom is 0.326 e. The summed E-state index contributed by atoms with van der Waals surface area (Å²) in [7, 11) is -2.47. The van der Waals surface area contributed by atoms with E-state index in [9.17, 15) is 13.2 Å². The third-order valence-electron chi connectivity index (χ3n) is 2.04. The van der Waals surface area contributed by atoms with Crippen LogP contribution in [0.25, 0.3) is 0 Å². The molecule has 0 saturated carbocycles. The summed E-state index contributed by atoms with van der Waals surface area (Å²) in [6.07, 6.45) is 0. The third kappa shape index (κ3) is 1.15. The first-order chi connectivity index (χ1) is 6.52. The minimum absolute atomic E-state index is 0.329. The summed E-state index contributed by atoms with van der Waals surface area (Å²) in [4.78, 5) is 11.5. The number of carbonyl (C=O) groups excluding carboxylic acids is 1. The fourth-order valence-electron chi connectivity index (χ4n) is 1.24. The van der Waals surface area contributed by atoms with Crippen LogP contribution in [0.1, 0.15) is 10.4 Å². The number of carbonyl (C=O) groups is 1. The molecule has 0 aliphatic carbocycles. The van der Waals surface area contributed by atoms with Crippen LogP contribution < -0.4 is 4.72 Å². The molecule has 1 heterocycles. The van der Waals surface area contributed by atoms with Crippen LogP contribution in [0.15, 0.2) is 24.3 Å². The molecule has 1 aromatic carbocycles. The number of nitrogens with one attached hydrogen (secondary N) is 1.